The summed E-state index contributed by atoms with van der Waals surface area (Å²) in [6.07, 6.45) is 1.29. The highest BCUT2D eigenvalue weighted by Crippen LogP contribution is 2.13. The quantitative estimate of drug-likeness (QED) is 0.588. The highest BCUT2D eigenvalue weighted by molar-refractivity contribution is 6.09. The second-order valence-corrected chi connectivity index (χ2v) is 3.47. The van der Waals surface area contributed by atoms with Gasteiger partial charge in [-0.15, -0.1) is 0 Å². The molecule has 3 heteroatoms. The van der Waals surface area contributed by atoms with Crippen LogP contribution in [0.4, 0.5) is 0 Å². The molecule has 2 N–H and O–H groups in total. The van der Waals surface area contributed by atoms with E-state index in [-0.39, 0.29) is 5.78 Å². The fourth-order valence-corrected chi connectivity index (χ4v) is 1.49. The van der Waals surface area contributed by atoms with E-state index in [1.807, 2.05) is 13.0 Å². The molecule has 0 radical (unpaired) electrons. The van der Waals surface area contributed by atoms with Crippen LogP contribution < -0.4 is 5.73 Å². The van der Waals surface area contributed by atoms with E-state index in [1.54, 1.807) is 24.3 Å². The van der Waals surface area contributed by atoms with Crippen LogP contribution in [-0.4, -0.2) is 11.7 Å². The number of hydrogen-bond donors (Lipinski definition) is 1. The summed E-state index contributed by atoms with van der Waals surface area (Å²) >= 11 is 0. The van der Waals surface area contributed by atoms with Crippen molar-refractivity contribution in [1.29, 1.82) is 0 Å². The molecule has 15 heavy (non-hydrogen) atoms. The van der Waals surface area contributed by atoms with Gasteiger partial charge in [-0.3, -0.25) is 9.59 Å². The van der Waals surface area contributed by atoms with Gasteiger partial charge in [-0.05, 0) is 6.42 Å². The molecule has 1 unspecified atom stereocenters. The first kappa shape index (κ1) is 11.4. The summed E-state index contributed by atoms with van der Waals surface area (Å²) in [5, 5.41) is 0. The van der Waals surface area contributed by atoms with Gasteiger partial charge in [0.25, 0.3) is 0 Å². The van der Waals surface area contributed by atoms with Crippen LogP contribution in [0.25, 0.3) is 0 Å². The van der Waals surface area contributed by atoms with Crippen LogP contribution in [0, 0.1) is 5.92 Å². The van der Waals surface area contributed by atoms with Crippen molar-refractivity contribution in [2.75, 3.05) is 0 Å². The van der Waals surface area contributed by atoms with Crippen molar-refractivity contribution in [3.63, 3.8) is 0 Å². The Morgan fingerprint density at radius 1 is 1.27 bits per heavy atom. The normalized spacial score (nSPS) is 12.1. The molecule has 0 aromatic heterocycles. The number of nitrogens with two attached hydrogens (primary N) is 1. The van der Waals surface area contributed by atoms with E-state index in [4.69, 9.17) is 5.73 Å². The third-order valence-electron chi connectivity index (χ3n) is 2.30. The maximum absolute atomic E-state index is 11.9. The van der Waals surface area contributed by atoms with Crippen LogP contribution in [0.3, 0.4) is 0 Å². The number of ketones is 1. The van der Waals surface area contributed by atoms with E-state index in [1.165, 1.54) is 0 Å². The van der Waals surface area contributed by atoms with E-state index < -0.39 is 11.8 Å². The zero-order valence-corrected chi connectivity index (χ0v) is 8.77. The van der Waals surface area contributed by atoms with Gasteiger partial charge in [0.1, 0.15) is 5.92 Å². The topological polar surface area (TPSA) is 60.2 Å². The summed E-state index contributed by atoms with van der Waals surface area (Å²) in [4.78, 5) is 23.0. The SMILES string of the molecule is CCCC(C(N)=O)C(=O)c1ccccc1. The maximum Gasteiger partial charge on any atom is 0.228 e. The molecule has 0 heterocycles. The van der Waals surface area contributed by atoms with Crippen LogP contribution >= 0.6 is 0 Å². The third kappa shape index (κ3) is 2.91. The van der Waals surface area contributed by atoms with Crippen molar-refractivity contribution >= 4 is 11.7 Å². The lowest BCUT2D eigenvalue weighted by Crippen LogP contribution is -2.30. The standard InChI is InChI=1S/C12H15NO2/c1-2-6-10(12(13)15)11(14)9-7-4-3-5-8-9/h3-5,7-8,10H,2,6H2,1H3,(H2,13,15). The first-order valence-electron chi connectivity index (χ1n) is 5.05. The molecule has 0 aliphatic heterocycles. The number of amides is 1. The molecule has 0 aliphatic rings. The van der Waals surface area contributed by atoms with Gasteiger partial charge in [0.05, 0.1) is 0 Å². The first-order valence-corrected chi connectivity index (χ1v) is 5.05. The van der Waals surface area contributed by atoms with E-state index in [0.717, 1.165) is 6.42 Å². The zero-order chi connectivity index (χ0) is 11.3. The Morgan fingerprint density at radius 2 is 1.87 bits per heavy atom. The third-order valence-corrected chi connectivity index (χ3v) is 2.30. The molecule has 0 saturated carbocycles. The number of carbonyl (C=O) groups is 2. The summed E-state index contributed by atoms with van der Waals surface area (Å²) < 4.78 is 0. The van der Waals surface area contributed by atoms with Gasteiger partial charge >= 0.3 is 0 Å². The van der Waals surface area contributed by atoms with E-state index in [0.29, 0.717) is 12.0 Å². The predicted molar refractivity (Wildman–Crippen MR) is 58.4 cm³/mol. The summed E-state index contributed by atoms with van der Waals surface area (Å²) in [6, 6.07) is 8.78. The van der Waals surface area contributed by atoms with Crippen LogP contribution in [0.1, 0.15) is 30.1 Å². The second kappa shape index (κ2) is 5.29. The van der Waals surface area contributed by atoms with Crippen molar-refractivity contribution in [3.05, 3.63) is 35.9 Å². The molecule has 3 nitrogen and oxygen atoms in total. The molecular weight excluding hydrogens is 190 g/mol. The molecular formula is C12H15NO2. The minimum atomic E-state index is -0.683. The Hall–Kier alpha value is -1.64. The smallest absolute Gasteiger partial charge is 0.228 e. The lowest BCUT2D eigenvalue weighted by molar-refractivity contribution is -0.120. The predicted octanol–water partition coefficient (Wildman–Crippen LogP) is 1.77. The molecule has 80 valence electrons. The average Bonchev–Trinajstić information content (AvgIpc) is 2.26. The summed E-state index contributed by atoms with van der Waals surface area (Å²) in [5.74, 6) is -1.40. The lowest BCUT2D eigenvalue weighted by atomic mass is 9.93. The van der Waals surface area contributed by atoms with Gasteiger partial charge in [-0.1, -0.05) is 43.7 Å². The first-order chi connectivity index (χ1) is 7.16. The number of carbonyl (C=O) groups excluding carboxylic acids is 2. The van der Waals surface area contributed by atoms with Gasteiger partial charge in [0.2, 0.25) is 5.91 Å². The molecule has 0 bridgehead atoms. The molecule has 1 amide bonds. The van der Waals surface area contributed by atoms with Crippen LogP contribution in [-0.2, 0) is 4.79 Å². The summed E-state index contributed by atoms with van der Waals surface area (Å²) in [5.41, 5.74) is 5.75. The van der Waals surface area contributed by atoms with Gasteiger partial charge in [0, 0.05) is 5.56 Å². The summed E-state index contributed by atoms with van der Waals surface area (Å²) in [7, 11) is 0. The Labute approximate surface area is 89.3 Å². The zero-order valence-electron chi connectivity index (χ0n) is 8.77. The monoisotopic (exact) mass is 205 g/mol. The second-order valence-electron chi connectivity index (χ2n) is 3.47. The van der Waals surface area contributed by atoms with Gasteiger partial charge in [-0.2, -0.15) is 0 Å². The van der Waals surface area contributed by atoms with Crippen LogP contribution in [0.15, 0.2) is 30.3 Å². The lowest BCUT2D eigenvalue weighted by Gasteiger charge is -2.10. The van der Waals surface area contributed by atoms with E-state index in [9.17, 15) is 9.59 Å². The highest BCUT2D eigenvalue weighted by atomic mass is 16.2. The summed E-state index contributed by atoms with van der Waals surface area (Å²) in [6.45, 7) is 1.92. The maximum atomic E-state index is 11.9. The Morgan fingerprint density at radius 3 is 2.33 bits per heavy atom. The molecule has 1 aromatic rings. The van der Waals surface area contributed by atoms with Crippen LogP contribution in [0.2, 0.25) is 0 Å². The Kier molecular flexibility index (Phi) is 4.03. The van der Waals surface area contributed by atoms with Crippen LogP contribution in [0.5, 0.6) is 0 Å². The molecule has 1 rings (SSSR count). The van der Waals surface area contributed by atoms with E-state index in [2.05, 4.69) is 0 Å². The Balaban J connectivity index is 2.86. The van der Waals surface area contributed by atoms with Crippen molar-refractivity contribution in [3.8, 4) is 0 Å². The van der Waals surface area contributed by atoms with Gasteiger partial charge in [-0.25, -0.2) is 0 Å². The molecule has 0 aliphatic carbocycles. The fraction of sp³-hybridized carbons (Fsp3) is 0.333. The van der Waals surface area contributed by atoms with Crippen molar-refractivity contribution in [2.45, 2.75) is 19.8 Å². The minimum absolute atomic E-state index is 0.176. The number of Topliss-reactive ketones (excluding diaryl/α,β-unsaturated/α-hetero) is 1. The average molecular weight is 205 g/mol. The molecule has 1 atom stereocenters. The number of rotatable bonds is 5. The minimum Gasteiger partial charge on any atom is -0.369 e. The Bertz CT molecular complexity index is 346. The fourth-order valence-electron chi connectivity index (χ4n) is 1.49. The van der Waals surface area contributed by atoms with Gasteiger partial charge < -0.3 is 5.73 Å². The van der Waals surface area contributed by atoms with Crippen molar-refractivity contribution < 1.29 is 9.59 Å². The van der Waals surface area contributed by atoms with E-state index >= 15 is 0 Å². The molecule has 0 saturated heterocycles. The van der Waals surface area contributed by atoms with Crippen molar-refractivity contribution in [2.24, 2.45) is 11.7 Å². The number of hydrogen-bond acceptors (Lipinski definition) is 2. The largest absolute Gasteiger partial charge is 0.369 e. The molecule has 0 spiro atoms. The highest BCUT2D eigenvalue weighted by Gasteiger charge is 2.23. The molecule has 0 fully saturated rings. The van der Waals surface area contributed by atoms with Crippen molar-refractivity contribution in [1.82, 2.24) is 0 Å². The number of primary amides is 1. The number of benzene rings is 1. The van der Waals surface area contributed by atoms with Gasteiger partial charge in [0.15, 0.2) is 5.78 Å². The molecule has 1 aromatic carbocycles.